The number of amides is 1. The monoisotopic (exact) mass is 470 g/mol. The Kier molecular flexibility index (Phi) is 6.24. The standard InChI is InChI=1S/C23H27F5N4O/c1-14-11-32(19-6-5-17(23(26,27)28)21-16(19)4-3-8-29-21)12-18(14)30-20(33)10-15-7-9-31(2)13-22(15,24)25/h3-6,8,14-15,18H,7,9-13H2,1-2H3,(H,30,33)/t14-,15+,18+/m1/s1. The number of benzene rings is 1. The van der Waals surface area contributed by atoms with Gasteiger partial charge in [-0.1, -0.05) is 6.92 Å². The Morgan fingerprint density at radius 3 is 2.70 bits per heavy atom. The van der Waals surface area contributed by atoms with Gasteiger partial charge in [0, 0.05) is 42.7 Å². The number of fused-ring (bicyclic) bond motifs is 1. The smallest absolute Gasteiger partial charge is 0.369 e. The second-order valence-electron chi connectivity index (χ2n) is 9.27. The summed E-state index contributed by atoms with van der Waals surface area (Å²) in [5.41, 5.74) is -0.304. The van der Waals surface area contributed by atoms with Gasteiger partial charge in [-0.2, -0.15) is 13.2 Å². The van der Waals surface area contributed by atoms with Gasteiger partial charge in [-0.15, -0.1) is 0 Å². The highest BCUT2D eigenvalue weighted by Gasteiger charge is 2.45. The van der Waals surface area contributed by atoms with E-state index in [0.29, 0.717) is 30.7 Å². The van der Waals surface area contributed by atoms with E-state index in [-0.39, 0.29) is 36.9 Å². The molecule has 0 saturated carbocycles. The summed E-state index contributed by atoms with van der Waals surface area (Å²) >= 11 is 0. The van der Waals surface area contributed by atoms with Crippen LogP contribution < -0.4 is 10.2 Å². The number of halogens is 5. The maximum atomic E-state index is 14.3. The molecule has 2 fully saturated rings. The number of carbonyl (C=O) groups is 1. The number of nitrogens with one attached hydrogen (secondary N) is 1. The van der Waals surface area contributed by atoms with Crippen molar-refractivity contribution in [2.24, 2.45) is 11.8 Å². The van der Waals surface area contributed by atoms with Crippen molar-refractivity contribution >= 4 is 22.5 Å². The molecule has 0 aliphatic carbocycles. The number of aromatic nitrogens is 1. The van der Waals surface area contributed by atoms with Crippen molar-refractivity contribution in [1.82, 2.24) is 15.2 Å². The number of pyridine rings is 1. The van der Waals surface area contributed by atoms with E-state index in [0.717, 1.165) is 6.07 Å². The molecule has 1 N–H and O–H groups in total. The Balaban J connectivity index is 1.47. The number of piperidine rings is 1. The maximum Gasteiger partial charge on any atom is 0.418 e. The predicted octanol–water partition coefficient (Wildman–Crippen LogP) is 4.17. The van der Waals surface area contributed by atoms with E-state index in [1.807, 2.05) is 11.8 Å². The second-order valence-corrected chi connectivity index (χ2v) is 9.27. The van der Waals surface area contributed by atoms with Crippen LogP contribution in [0.15, 0.2) is 30.5 Å². The normalized spacial score (nSPS) is 26.0. The van der Waals surface area contributed by atoms with Crippen LogP contribution in [0, 0.1) is 11.8 Å². The summed E-state index contributed by atoms with van der Waals surface area (Å²) in [5, 5.41) is 3.27. The molecule has 3 atom stereocenters. The highest BCUT2D eigenvalue weighted by atomic mass is 19.4. The van der Waals surface area contributed by atoms with Crippen LogP contribution in [0.5, 0.6) is 0 Å². The number of anilines is 1. The van der Waals surface area contributed by atoms with Crippen LogP contribution in [0.2, 0.25) is 0 Å². The number of nitrogens with zero attached hydrogens (tertiary/aromatic N) is 3. The molecule has 3 heterocycles. The SMILES string of the molecule is C[C@@H]1CN(c2ccc(C(F)(F)F)c3ncccc23)C[C@@H]1NC(=O)C[C@@H]1CCN(C)CC1(F)F. The molecule has 10 heteroatoms. The van der Waals surface area contributed by atoms with Crippen molar-refractivity contribution in [1.29, 1.82) is 0 Å². The maximum absolute atomic E-state index is 14.3. The zero-order valence-corrected chi connectivity index (χ0v) is 18.5. The van der Waals surface area contributed by atoms with Crippen LogP contribution in [0.25, 0.3) is 10.9 Å². The third-order valence-electron chi connectivity index (χ3n) is 6.72. The van der Waals surface area contributed by atoms with Crippen molar-refractivity contribution in [3.8, 4) is 0 Å². The van der Waals surface area contributed by atoms with Crippen LogP contribution in [0.4, 0.5) is 27.6 Å². The van der Waals surface area contributed by atoms with Gasteiger partial charge in [0.1, 0.15) is 0 Å². The number of carbonyl (C=O) groups excluding carboxylic acids is 1. The summed E-state index contributed by atoms with van der Waals surface area (Å²) in [6.07, 6.45) is -3.17. The van der Waals surface area contributed by atoms with Gasteiger partial charge in [0.25, 0.3) is 5.92 Å². The highest BCUT2D eigenvalue weighted by Crippen LogP contribution is 2.39. The van der Waals surface area contributed by atoms with Gasteiger partial charge in [-0.25, -0.2) is 8.78 Å². The summed E-state index contributed by atoms with van der Waals surface area (Å²) in [6.45, 7) is 3.00. The number of hydrogen-bond donors (Lipinski definition) is 1. The molecule has 0 unspecified atom stereocenters. The fourth-order valence-electron chi connectivity index (χ4n) is 4.91. The molecule has 2 aromatic rings. The highest BCUT2D eigenvalue weighted by molar-refractivity contribution is 5.94. The minimum absolute atomic E-state index is 0.000892. The Labute approximate surface area is 188 Å². The van der Waals surface area contributed by atoms with Gasteiger partial charge < -0.3 is 15.1 Å². The molecule has 0 bridgehead atoms. The van der Waals surface area contributed by atoms with E-state index in [2.05, 4.69) is 10.3 Å². The van der Waals surface area contributed by atoms with E-state index < -0.39 is 29.5 Å². The van der Waals surface area contributed by atoms with Gasteiger partial charge in [-0.05, 0) is 50.2 Å². The zero-order chi connectivity index (χ0) is 24.0. The average Bonchev–Trinajstić information content (AvgIpc) is 3.08. The van der Waals surface area contributed by atoms with Crippen molar-refractivity contribution < 1.29 is 26.7 Å². The van der Waals surface area contributed by atoms with Gasteiger partial charge >= 0.3 is 6.18 Å². The van der Waals surface area contributed by atoms with E-state index >= 15 is 0 Å². The van der Waals surface area contributed by atoms with Crippen LogP contribution in [0.3, 0.4) is 0 Å². The molecular formula is C23H27F5N4O. The minimum Gasteiger partial charge on any atom is -0.369 e. The number of likely N-dealkylation sites (tertiary alicyclic amines) is 1. The third-order valence-corrected chi connectivity index (χ3v) is 6.72. The van der Waals surface area contributed by atoms with Crippen molar-refractivity contribution in [3.63, 3.8) is 0 Å². The van der Waals surface area contributed by atoms with Gasteiger partial charge in [0.15, 0.2) is 0 Å². The van der Waals surface area contributed by atoms with Crippen molar-refractivity contribution in [2.75, 3.05) is 38.1 Å². The molecule has 33 heavy (non-hydrogen) atoms. The van der Waals surface area contributed by atoms with E-state index in [9.17, 15) is 26.7 Å². The third kappa shape index (κ3) is 4.90. The van der Waals surface area contributed by atoms with Crippen LogP contribution in [-0.4, -0.2) is 61.0 Å². The molecule has 1 aromatic carbocycles. The van der Waals surface area contributed by atoms with Gasteiger partial charge in [0.2, 0.25) is 5.91 Å². The largest absolute Gasteiger partial charge is 0.418 e. The molecule has 1 amide bonds. The topological polar surface area (TPSA) is 48.5 Å². The predicted molar refractivity (Wildman–Crippen MR) is 115 cm³/mol. The lowest BCUT2D eigenvalue weighted by atomic mass is 9.89. The first kappa shape index (κ1) is 23.7. The lowest BCUT2D eigenvalue weighted by molar-refractivity contribution is -0.136. The van der Waals surface area contributed by atoms with Gasteiger partial charge in [0.05, 0.1) is 23.7 Å². The van der Waals surface area contributed by atoms with Crippen molar-refractivity contribution in [2.45, 2.75) is 37.9 Å². The Morgan fingerprint density at radius 2 is 2.00 bits per heavy atom. The van der Waals surface area contributed by atoms with Gasteiger partial charge in [-0.3, -0.25) is 9.78 Å². The van der Waals surface area contributed by atoms with E-state index in [4.69, 9.17) is 0 Å². The summed E-state index contributed by atoms with van der Waals surface area (Å²) in [5.74, 6) is -4.32. The summed E-state index contributed by atoms with van der Waals surface area (Å²) in [7, 11) is 1.64. The molecular weight excluding hydrogens is 443 g/mol. The number of alkyl halides is 5. The zero-order valence-electron chi connectivity index (χ0n) is 18.5. The fourth-order valence-corrected chi connectivity index (χ4v) is 4.91. The van der Waals surface area contributed by atoms with Crippen LogP contribution >= 0.6 is 0 Å². The summed E-state index contributed by atoms with van der Waals surface area (Å²) in [4.78, 5) is 20.0. The molecule has 0 radical (unpaired) electrons. The van der Waals surface area contributed by atoms with Crippen LogP contribution in [0.1, 0.15) is 25.3 Å². The number of rotatable bonds is 4. The molecule has 2 aliphatic rings. The Bertz CT molecular complexity index is 1030. The first-order chi connectivity index (χ1) is 15.5. The summed E-state index contributed by atoms with van der Waals surface area (Å²) < 4.78 is 68.8. The summed E-state index contributed by atoms with van der Waals surface area (Å²) in [6, 6.07) is 5.37. The molecule has 2 aliphatic heterocycles. The molecule has 1 aromatic heterocycles. The molecule has 180 valence electrons. The number of hydrogen-bond acceptors (Lipinski definition) is 4. The molecule has 2 saturated heterocycles. The van der Waals surface area contributed by atoms with Crippen LogP contribution in [-0.2, 0) is 11.0 Å². The lowest BCUT2D eigenvalue weighted by Gasteiger charge is -2.36. The Hall–Kier alpha value is -2.49. The first-order valence-corrected chi connectivity index (χ1v) is 11.0. The van der Waals surface area contributed by atoms with Crippen molar-refractivity contribution in [3.05, 3.63) is 36.0 Å². The fraction of sp³-hybridized carbons (Fsp3) is 0.565. The Morgan fingerprint density at radius 1 is 1.24 bits per heavy atom. The first-order valence-electron chi connectivity index (χ1n) is 11.0. The minimum atomic E-state index is -4.52. The second kappa shape index (κ2) is 8.70. The average molecular weight is 470 g/mol. The molecule has 5 nitrogen and oxygen atoms in total. The molecule has 0 spiro atoms. The van der Waals surface area contributed by atoms with E-state index in [1.54, 1.807) is 24.1 Å². The molecule has 4 rings (SSSR count). The lowest BCUT2D eigenvalue weighted by Crippen LogP contribution is -2.49. The van der Waals surface area contributed by atoms with E-state index in [1.165, 1.54) is 12.3 Å². The quantitative estimate of drug-likeness (QED) is 0.682.